The Morgan fingerprint density at radius 3 is 3.07 bits per heavy atom. The van der Waals surface area contributed by atoms with E-state index in [-0.39, 0.29) is 5.28 Å². The number of halogens is 1. The molecule has 1 aliphatic carbocycles. The van der Waals surface area contributed by atoms with Crippen molar-refractivity contribution in [1.82, 2.24) is 19.7 Å². The molecule has 1 aliphatic rings. The molecule has 2 aromatic heterocycles. The summed E-state index contributed by atoms with van der Waals surface area (Å²) in [4.78, 5) is 8.09. The lowest BCUT2D eigenvalue weighted by molar-refractivity contribution is 0.576. The molecule has 0 bridgehead atoms. The van der Waals surface area contributed by atoms with Gasteiger partial charge in [0.15, 0.2) is 5.65 Å². The van der Waals surface area contributed by atoms with Crippen LogP contribution in [0.2, 0.25) is 5.28 Å². The van der Waals surface area contributed by atoms with Gasteiger partial charge in [0.2, 0.25) is 5.28 Å². The Morgan fingerprint density at radius 2 is 2.29 bits per heavy atom. The highest BCUT2D eigenvalue weighted by Gasteiger charge is 2.23. The lowest BCUT2D eigenvalue weighted by Gasteiger charge is -1.99. The Bertz CT molecular complexity index is 475. The maximum atomic E-state index is 5.74. The second-order valence-electron chi connectivity index (χ2n) is 3.69. The summed E-state index contributed by atoms with van der Waals surface area (Å²) in [6.45, 7) is 0.955. The van der Waals surface area contributed by atoms with Crippen LogP contribution in [0, 0.1) is 5.92 Å². The Morgan fingerprint density at radius 1 is 1.43 bits per heavy atom. The number of fused-ring (bicyclic) bond motifs is 1. The molecular formula is C9H9ClN4. The summed E-state index contributed by atoms with van der Waals surface area (Å²) in [6, 6.07) is 0. The van der Waals surface area contributed by atoms with Crippen molar-refractivity contribution < 1.29 is 0 Å². The molecule has 0 unspecified atom stereocenters. The Hall–Kier alpha value is -1.16. The fourth-order valence-electron chi connectivity index (χ4n) is 1.52. The third-order valence-corrected chi connectivity index (χ3v) is 2.66. The van der Waals surface area contributed by atoms with Crippen LogP contribution in [-0.4, -0.2) is 19.7 Å². The van der Waals surface area contributed by atoms with Crippen LogP contribution in [-0.2, 0) is 6.54 Å². The predicted molar refractivity (Wildman–Crippen MR) is 53.1 cm³/mol. The topological polar surface area (TPSA) is 43.6 Å². The van der Waals surface area contributed by atoms with Crippen LogP contribution in [0.25, 0.3) is 11.0 Å². The first-order valence-corrected chi connectivity index (χ1v) is 5.05. The third kappa shape index (κ3) is 1.35. The van der Waals surface area contributed by atoms with Crippen molar-refractivity contribution in [2.45, 2.75) is 19.4 Å². The van der Waals surface area contributed by atoms with E-state index < -0.39 is 0 Å². The first-order chi connectivity index (χ1) is 6.83. The molecule has 2 heterocycles. The summed E-state index contributed by atoms with van der Waals surface area (Å²) in [7, 11) is 0. The minimum Gasteiger partial charge on any atom is -0.247 e. The number of rotatable bonds is 2. The second-order valence-corrected chi connectivity index (χ2v) is 4.03. The molecule has 1 fully saturated rings. The first kappa shape index (κ1) is 8.17. The molecule has 0 atom stereocenters. The van der Waals surface area contributed by atoms with Crippen molar-refractivity contribution >= 4 is 22.6 Å². The maximum absolute atomic E-state index is 5.74. The smallest absolute Gasteiger partial charge is 0.224 e. The van der Waals surface area contributed by atoms with Crippen LogP contribution in [0.15, 0.2) is 12.4 Å². The van der Waals surface area contributed by atoms with Crippen molar-refractivity contribution in [1.29, 1.82) is 0 Å². The number of aromatic nitrogens is 4. The van der Waals surface area contributed by atoms with Gasteiger partial charge in [-0.2, -0.15) is 10.1 Å². The van der Waals surface area contributed by atoms with E-state index in [2.05, 4.69) is 15.1 Å². The Balaban J connectivity index is 2.08. The van der Waals surface area contributed by atoms with Crippen molar-refractivity contribution in [3.05, 3.63) is 17.7 Å². The SMILES string of the molecule is Clc1ncc2cnn(CC3CC3)c2n1. The molecule has 0 saturated heterocycles. The molecule has 0 radical (unpaired) electrons. The highest BCUT2D eigenvalue weighted by Crippen LogP contribution is 2.31. The van der Waals surface area contributed by atoms with Gasteiger partial charge in [-0.15, -0.1) is 0 Å². The zero-order chi connectivity index (χ0) is 9.54. The van der Waals surface area contributed by atoms with Crippen LogP contribution in [0.1, 0.15) is 12.8 Å². The Kier molecular flexibility index (Phi) is 1.70. The molecule has 0 N–H and O–H groups in total. The summed E-state index contributed by atoms with van der Waals surface area (Å²) < 4.78 is 1.92. The number of nitrogens with zero attached hydrogens (tertiary/aromatic N) is 4. The molecule has 0 amide bonds. The van der Waals surface area contributed by atoms with E-state index in [4.69, 9.17) is 11.6 Å². The van der Waals surface area contributed by atoms with Gasteiger partial charge in [-0.3, -0.25) is 0 Å². The molecule has 0 aromatic carbocycles. The van der Waals surface area contributed by atoms with Crippen LogP contribution in [0.3, 0.4) is 0 Å². The molecule has 5 heteroatoms. The van der Waals surface area contributed by atoms with Crippen LogP contribution < -0.4 is 0 Å². The van der Waals surface area contributed by atoms with E-state index in [1.807, 2.05) is 4.68 Å². The quantitative estimate of drug-likeness (QED) is 0.708. The minimum absolute atomic E-state index is 0.287. The van der Waals surface area contributed by atoms with Crippen LogP contribution in [0.5, 0.6) is 0 Å². The molecule has 1 saturated carbocycles. The van der Waals surface area contributed by atoms with Gasteiger partial charge in [0.1, 0.15) is 0 Å². The lowest BCUT2D eigenvalue weighted by atomic mass is 10.4. The first-order valence-electron chi connectivity index (χ1n) is 4.67. The van der Waals surface area contributed by atoms with Crippen LogP contribution >= 0.6 is 11.6 Å². The van der Waals surface area contributed by atoms with Crippen LogP contribution in [0.4, 0.5) is 0 Å². The summed E-state index contributed by atoms with van der Waals surface area (Å²) in [5.74, 6) is 0.784. The molecule has 2 aromatic rings. The third-order valence-electron chi connectivity index (χ3n) is 2.48. The van der Waals surface area contributed by atoms with Gasteiger partial charge < -0.3 is 0 Å². The van der Waals surface area contributed by atoms with Gasteiger partial charge in [0.25, 0.3) is 0 Å². The fraction of sp³-hybridized carbons (Fsp3) is 0.444. The van der Waals surface area contributed by atoms with Gasteiger partial charge >= 0.3 is 0 Å². The average Bonchev–Trinajstić information content (AvgIpc) is 2.90. The van der Waals surface area contributed by atoms with E-state index in [1.54, 1.807) is 12.4 Å². The van der Waals surface area contributed by atoms with E-state index in [0.717, 1.165) is 23.5 Å². The van der Waals surface area contributed by atoms with Gasteiger partial charge in [0, 0.05) is 12.7 Å². The second kappa shape index (κ2) is 2.92. The van der Waals surface area contributed by atoms with Crippen molar-refractivity contribution in [3.8, 4) is 0 Å². The van der Waals surface area contributed by atoms with Gasteiger partial charge in [-0.05, 0) is 30.4 Å². The highest BCUT2D eigenvalue weighted by molar-refractivity contribution is 6.28. The highest BCUT2D eigenvalue weighted by atomic mass is 35.5. The van der Waals surface area contributed by atoms with Crippen molar-refractivity contribution in [2.24, 2.45) is 5.92 Å². The summed E-state index contributed by atoms with van der Waals surface area (Å²) >= 11 is 5.74. The molecule has 72 valence electrons. The van der Waals surface area contributed by atoms with Crippen molar-refractivity contribution in [3.63, 3.8) is 0 Å². The minimum atomic E-state index is 0.287. The lowest BCUT2D eigenvalue weighted by Crippen LogP contribution is -2.02. The molecule has 14 heavy (non-hydrogen) atoms. The van der Waals surface area contributed by atoms with E-state index >= 15 is 0 Å². The largest absolute Gasteiger partial charge is 0.247 e. The van der Waals surface area contributed by atoms with Crippen molar-refractivity contribution in [2.75, 3.05) is 0 Å². The summed E-state index contributed by atoms with van der Waals surface area (Å²) in [5, 5.41) is 5.51. The fourth-order valence-corrected chi connectivity index (χ4v) is 1.65. The maximum Gasteiger partial charge on any atom is 0.224 e. The van der Waals surface area contributed by atoms with Gasteiger partial charge in [-0.1, -0.05) is 0 Å². The molecular weight excluding hydrogens is 200 g/mol. The zero-order valence-corrected chi connectivity index (χ0v) is 8.28. The monoisotopic (exact) mass is 208 g/mol. The molecule has 0 spiro atoms. The molecule has 4 nitrogen and oxygen atoms in total. The standard InChI is InChI=1S/C9H9ClN4/c10-9-11-3-7-4-12-14(8(7)13-9)5-6-1-2-6/h3-4,6H,1-2,5H2. The van der Waals surface area contributed by atoms with E-state index in [9.17, 15) is 0 Å². The average molecular weight is 209 g/mol. The number of hydrogen-bond acceptors (Lipinski definition) is 3. The predicted octanol–water partition coefficient (Wildman–Crippen LogP) is 1.89. The van der Waals surface area contributed by atoms with Gasteiger partial charge in [-0.25, -0.2) is 9.67 Å². The normalized spacial score (nSPS) is 16.4. The zero-order valence-electron chi connectivity index (χ0n) is 7.52. The van der Waals surface area contributed by atoms with E-state index in [0.29, 0.717) is 0 Å². The molecule has 0 aliphatic heterocycles. The molecule has 3 rings (SSSR count). The summed E-state index contributed by atoms with van der Waals surface area (Å²) in [5.41, 5.74) is 0.844. The van der Waals surface area contributed by atoms with Gasteiger partial charge in [0.05, 0.1) is 11.6 Å². The van der Waals surface area contributed by atoms with E-state index in [1.165, 1.54) is 12.8 Å². The number of hydrogen-bond donors (Lipinski definition) is 0. The Labute approximate surface area is 85.9 Å². The summed E-state index contributed by atoms with van der Waals surface area (Å²) in [6.07, 6.45) is 6.11.